The number of carbonyl (C=O) groups is 1. The monoisotopic (exact) mass is 201 g/mol. The third-order valence-electron chi connectivity index (χ3n) is 2.94. The zero-order valence-corrected chi connectivity index (χ0v) is 8.81. The van der Waals surface area contributed by atoms with Crippen LogP contribution >= 0.6 is 0 Å². The summed E-state index contributed by atoms with van der Waals surface area (Å²) in [5, 5.41) is 18.2. The molecule has 0 radical (unpaired) electrons. The van der Waals surface area contributed by atoms with Crippen molar-refractivity contribution in [3.63, 3.8) is 0 Å². The predicted molar refractivity (Wildman–Crippen MR) is 53.1 cm³/mol. The third-order valence-corrected chi connectivity index (χ3v) is 2.94. The van der Waals surface area contributed by atoms with E-state index in [0.717, 1.165) is 12.8 Å². The van der Waals surface area contributed by atoms with Gasteiger partial charge in [-0.15, -0.1) is 0 Å². The van der Waals surface area contributed by atoms with Gasteiger partial charge < -0.3 is 10.2 Å². The number of aliphatic hydroxyl groups is 1. The van der Waals surface area contributed by atoms with E-state index in [1.54, 1.807) is 0 Å². The van der Waals surface area contributed by atoms with Crippen LogP contribution in [0.15, 0.2) is 0 Å². The van der Waals surface area contributed by atoms with Crippen LogP contribution in [0.2, 0.25) is 0 Å². The Balaban J connectivity index is 2.51. The Labute approximate surface area is 84.5 Å². The van der Waals surface area contributed by atoms with Crippen LogP contribution in [0.4, 0.5) is 0 Å². The molecule has 1 saturated heterocycles. The number of hydrogen-bond donors (Lipinski definition) is 2. The van der Waals surface area contributed by atoms with E-state index < -0.39 is 5.97 Å². The molecule has 4 nitrogen and oxygen atoms in total. The van der Waals surface area contributed by atoms with Gasteiger partial charge in [-0.25, -0.2) is 0 Å². The van der Waals surface area contributed by atoms with Crippen LogP contribution in [-0.2, 0) is 4.79 Å². The van der Waals surface area contributed by atoms with Gasteiger partial charge in [-0.1, -0.05) is 0 Å². The Bertz CT molecular complexity index is 208. The Morgan fingerprint density at radius 3 is 2.79 bits per heavy atom. The molecule has 0 aromatic carbocycles. The first-order valence-electron chi connectivity index (χ1n) is 5.16. The van der Waals surface area contributed by atoms with E-state index >= 15 is 0 Å². The molecule has 0 bridgehead atoms. The summed E-state index contributed by atoms with van der Waals surface area (Å²) >= 11 is 0. The fourth-order valence-electron chi connectivity index (χ4n) is 2.10. The topological polar surface area (TPSA) is 60.8 Å². The molecule has 1 aliphatic heterocycles. The van der Waals surface area contributed by atoms with Gasteiger partial charge in [0, 0.05) is 18.6 Å². The van der Waals surface area contributed by atoms with Crippen molar-refractivity contribution >= 4 is 5.97 Å². The maximum Gasteiger partial charge on any atom is 0.304 e. The number of hydrogen-bond acceptors (Lipinski definition) is 3. The van der Waals surface area contributed by atoms with Crippen LogP contribution in [0.3, 0.4) is 0 Å². The molecule has 0 amide bonds. The number of likely N-dealkylation sites (tertiary alicyclic amines) is 1. The second-order valence-electron chi connectivity index (χ2n) is 4.22. The van der Waals surface area contributed by atoms with Gasteiger partial charge in [0.1, 0.15) is 0 Å². The number of aliphatic carboxylic acids is 1. The van der Waals surface area contributed by atoms with Crippen molar-refractivity contribution in [2.45, 2.75) is 51.3 Å². The van der Waals surface area contributed by atoms with Crippen molar-refractivity contribution in [3.8, 4) is 0 Å². The van der Waals surface area contributed by atoms with Crippen molar-refractivity contribution in [2.24, 2.45) is 0 Å². The van der Waals surface area contributed by atoms with Gasteiger partial charge in [-0.3, -0.25) is 9.69 Å². The number of carboxylic acid groups (broad SMARTS) is 1. The number of carboxylic acids is 1. The van der Waals surface area contributed by atoms with Crippen LogP contribution in [0.25, 0.3) is 0 Å². The average Bonchev–Trinajstić information content (AvgIpc) is 2.08. The number of β-amino-alcohol motifs (C(OH)–C–C–N with tert-alkyl or cyclic N) is 1. The lowest BCUT2D eigenvalue weighted by atomic mass is 9.98. The molecule has 0 aliphatic carbocycles. The van der Waals surface area contributed by atoms with Crippen LogP contribution < -0.4 is 0 Å². The largest absolute Gasteiger partial charge is 0.481 e. The fraction of sp³-hybridized carbons (Fsp3) is 0.900. The van der Waals surface area contributed by atoms with Crippen molar-refractivity contribution < 1.29 is 15.0 Å². The average molecular weight is 201 g/mol. The standard InChI is InChI=1S/C10H19NO3/c1-7-3-4-9(12)6-11(7)8(2)5-10(13)14/h7-9,12H,3-6H2,1-2H3,(H,13,14). The first kappa shape index (κ1) is 11.5. The SMILES string of the molecule is CC1CCC(O)CN1C(C)CC(=O)O. The molecule has 0 aromatic rings. The summed E-state index contributed by atoms with van der Waals surface area (Å²) in [7, 11) is 0. The van der Waals surface area contributed by atoms with Gasteiger partial charge >= 0.3 is 5.97 Å². The van der Waals surface area contributed by atoms with Gasteiger partial charge in [0.2, 0.25) is 0 Å². The Morgan fingerprint density at radius 1 is 1.57 bits per heavy atom. The van der Waals surface area contributed by atoms with Crippen molar-refractivity contribution in [2.75, 3.05) is 6.54 Å². The molecule has 14 heavy (non-hydrogen) atoms. The summed E-state index contributed by atoms with van der Waals surface area (Å²) < 4.78 is 0. The highest BCUT2D eigenvalue weighted by molar-refractivity contribution is 5.67. The lowest BCUT2D eigenvalue weighted by Gasteiger charge is -2.39. The molecule has 2 N–H and O–H groups in total. The molecule has 0 saturated carbocycles. The van der Waals surface area contributed by atoms with Crippen LogP contribution in [-0.4, -0.2) is 45.8 Å². The van der Waals surface area contributed by atoms with E-state index in [4.69, 9.17) is 5.11 Å². The van der Waals surface area contributed by atoms with E-state index in [-0.39, 0.29) is 18.6 Å². The number of rotatable bonds is 3. The number of piperidine rings is 1. The van der Waals surface area contributed by atoms with Crippen molar-refractivity contribution in [1.29, 1.82) is 0 Å². The molecule has 0 spiro atoms. The summed E-state index contributed by atoms with van der Waals surface area (Å²) in [6.45, 7) is 4.60. The molecule has 1 aliphatic rings. The highest BCUT2D eigenvalue weighted by Crippen LogP contribution is 2.20. The normalized spacial score (nSPS) is 31.4. The molecule has 1 rings (SSSR count). The second kappa shape index (κ2) is 4.75. The first-order valence-corrected chi connectivity index (χ1v) is 5.16. The van der Waals surface area contributed by atoms with E-state index in [0.29, 0.717) is 12.6 Å². The minimum atomic E-state index is -0.773. The van der Waals surface area contributed by atoms with Crippen LogP contribution in [0, 0.1) is 0 Å². The Hall–Kier alpha value is -0.610. The summed E-state index contributed by atoms with van der Waals surface area (Å²) in [4.78, 5) is 12.6. The highest BCUT2D eigenvalue weighted by atomic mass is 16.4. The van der Waals surface area contributed by atoms with Gasteiger partial charge in [-0.2, -0.15) is 0 Å². The number of nitrogens with zero attached hydrogens (tertiary/aromatic N) is 1. The van der Waals surface area contributed by atoms with Gasteiger partial charge in [-0.05, 0) is 26.7 Å². The van der Waals surface area contributed by atoms with Gasteiger partial charge in [0.25, 0.3) is 0 Å². The summed E-state index contributed by atoms with van der Waals surface area (Å²) in [5.74, 6) is -0.773. The zero-order valence-electron chi connectivity index (χ0n) is 8.81. The molecule has 3 atom stereocenters. The van der Waals surface area contributed by atoms with Gasteiger partial charge in [0.05, 0.1) is 12.5 Å². The minimum absolute atomic E-state index is 0.0115. The van der Waals surface area contributed by atoms with E-state index in [9.17, 15) is 9.90 Å². The molecule has 1 heterocycles. The van der Waals surface area contributed by atoms with Crippen molar-refractivity contribution in [3.05, 3.63) is 0 Å². The summed E-state index contributed by atoms with van der Waals surface area (Å²) in [6.07, 6.45) is 1.64. The molecule has 82 valence electrons. The van der Waals surface area contributed by atoms with Crippen molar-refractivity contribution in [1.82, 2.24) is 4.90 Å². The fourth-order valence-corrected chi connectivity index (χ4v) is 2.10. The zero-order chi connectivity index (χ0) is 10.7. The Morgan fingerprint density at radius 2 is 2.21 bits per heavy atom. The molecular weight excluding hydrogens is 182 g/mol. The summed E-state index contributed by atoms with van der Waals surface area (Å²) in [5.41, 5.74) is 0. The lowest BCUT2D eigenvalue weighted by Crippen LogP contribution is -2.49. The summed E-state index contributed by atoms with van der Waals surface area (Å²) in [6, 6.07) is 0.394. The van der Waals surface area contributed by atoms with Crippen LogP contribution in [0.5, 0.6) is 0 Å². The lowest BCUT2D eigenvalue weighted by molar-refractivity contribution is -0.138. The third kappa shape index (κ3) is 2.96. The molecular formula is C10H19NO3. The number of aliphatic hydroxyl groups excluding tert-OH is 1. The Kier molecular flexibility index (Phi) is 3.89. The van der Waals surface area contributed by atoms with Gasteiger partial charge in [0.15, 0.2) is 0 Å². The first-order chi connectivity index (χ1) is 6.50. The maximum atomic E-state index is 10.6. The molecule has 4 heteroatoms. The van der Waals surface area contributed by atoms with E-state index in [2.05, 4.69) is 11.8 Å². The molecule has 3 unspecified atom stereocenters. The maximum absolute atomic E-state index is 10.6. The van der Waals surface area contributed by atoms with E-state index in [1.165, 1.54) is 0 Å². The molecule has 1 fully saturated rings. The highest BCUT2D eigenvalue weighted by Gasteiger charge is 2.28. The van der Waals surface area contributed by atoms with Crippen LogP contribution in [0.1, 0.15) is 33.1 Å². The minimum Gasteiger partial charge on any atom is -0.481 e. The molecule has 0 aromatic heterocycles. The smallest absolute Gasteiger partial charge is 0.304 e. The second-order valence-corrected chi connectivity index (χ2v) is 4.22. The quantitative estimate of drug-likeness (QED) is 0.705. The van der Waals surface area contributed by atoms with E-state index in [1.807, 2.05) is 6.92 Å². The predicted octanol–water partition coefficient (Wildman–Crippen LogP) is 0.695.